The minimum atomic E-state index is -0.207. The Morgan fingerprint density at radius 2 is 1.72 bits per heavy atom. The van der Waals surface area contributed by atoms with Crippen LogP contribution in [0.1, 0.15) is 16.7 Å². The lowest BCUT2D eigenvalue weighted by molar-refractivity contribution is -0.123. The molecule has 0 bridgehead atoms. The van der Waals surface area contributed by atoms with Gasteiger partial charge >= 0.3 is 0 Å². The molecule has 0 aliphatic heterocycles. The van der Waals surface area contributed by atoms with Gasteiger partial charge in [-0.1, -0.05) is 48.0 Å². The van der Waals surface area contributed by atoms with Crippen LogP contribution in [0.3, 0.4) is 0 Å². The molecule has 2 aromatic carbocycles. The Labute approximate surface area is 186 Å². The van der Waals surface area contributed by atoms with E-state index in [1.54, 1.807) is 16.6 Å². The third-order valence-electron chi connectivity index (χ3n) is 4.90. The lowest BCUT2D eigenvalue weighted by atomic mass is 10.1. The van der Waals surface area contributed by atoms with E-state index in [-0.39, 0.29) is 19.1 Å². The van der Waals surface area contributed by atoms with E-state index < -0.39 is 0 Å². The highest BCUT2D eigenvalue weighted by molar-refractivity contribution is 5.77. The first kappa shape index (κ1) is 21.3. The Bertz CT molecular complexity index is 1210. The predicted octanol–water partition coefficient (Wildman–Crippen LogP) is 3.29. The van der Waals surface area contributed by atoms with Gasteiger partial charge in [0.05, 0.1) is 6.54 Å². The molecule has 0 radical (unpaired) electrons. The number of carbonyl (C=O) groups is 1. The van der Waals surface area contributed by atoms with E-state index in [0.29, 0.717) is 23.9 Å². The summed E-state index contributed by atoms with van der Waals surface area (Å²) in [6, 6.07) is 17.3. The van der Waals surface area contributed by atoms with Gasteiger partial charge in [0.25, 0.3) is 5.91 Å². The smallest absolute Gasteiger partial charge is 0.258 e. The van der Waals surface area contributed by atoms with Gasteiger partial charge in [0.15, 0.2) is 18.1 Å². The van der Waals surface area contributed by atoms with Crippen molar-refractivity contribution in [1.29, 1.82) is 0 Å². The van der Waals surface area contributed by atoms with Gasteiger partial charge in [-0.15, -0.1) is 15.3 Å². The van der Waals surface area contributed by atoms with E-state index in [0.717, 1.165) is 22.4 Å². The first-order valence-corrected chi connectivity index (χ1v) is 10.4. The Morgan fingerprint density at radius 3 is 2.47 bits per heavy atom. The minimum absolute atomic E-state index is 0.0455. The van der Waals surface area contributed by atoms with Crippen LogP contribution in [0.25, 0.3) is 17.0 Å². The third kappa shape index (κ3) is 4.85. The Balaban J connectivity index is 1.29. The monoisotopic (exact) mass is 431 g/mol. The molecule has 0 aliphatic carbocycles. The van der Waals surface area contributed by atoms with E-state index in [4.69, 9.17) is 9.47 Å². The van der Waals surface area contributed by atoms with Crippen LogP contribution in [0.2, 0.25) is 0 Å². The summed E-state index contributed by atoms with van der Waals surface area (Å²) in [4.78, 5) is 12.1. The summed E-state index contributed by atoms with van der Waals surface area (Å²) in [6.45, 7) is 6.55. The van der Waals surface area contributed by atoms with Gasteiger partial charge in [0.2, 0.25) is 5.88 Å². The molecular formula is C24H25N5O3. The molecular weight excluding hydrogens is 406 g/mol. The van der Waals surface area contributed by atoms with Gasteiger partial charge in [0, 0.05) is 11.6 Å². The van der Waals surface area contributed by atoms with Gasteiger partial charge in [-0.25, -0.2) is 0 Å². The Hall–Kier alpha value is -3.94. The van der Waals surface area contributed by atoms with Crippen molar-refractivity contribution < 1.29 is 14.3 Å². The molecule has 0 atom stereocenters. The van der Waals surface area contributed by atoms with Crippen molar-refractivity contribution in [3.8, 4) is 23.0 Å². The largest absolute Gasteiger partial charge is 0.483 e. The second kappa shape index (κ2) is 9.47. The SMILES string of the molecule is Cc1cc(C)c(OCC(=O)NCCOc2ccc3nnc(-c4ccccc4)n3n2)c(C)c1. The highest BCUT2D eigenvalue weighted by Gasteiger charge is 2.11. The minimum Gasteiger partial charge on any atom is -0.483 e. The van der Waals surface area contributed by atoms with Crippen LogP contribution >= 0.6 is 0 Å². The lowest BCUT2D eigenvalue weighted by Gasteiger charge is -2.13. The summed E-state index contributed by atoms with van der Waals surface area (Å²) >= 11 is 0. The van der Waals surface area contributed by atoms with Crippen LogP contribution in [0.5, 0.6) is 11.6 Å². The number of nitrogens with zero attached hydrogens (tertiary/aromatic N) is 4. The Kier molecular flexibility index (Phi) is 6.30. The van der Waals surface area contributed by atoms with Gasteiger partial charge in [-0.3, -0.25) is 4.79 Å². The summed E-state index contributed by atoms with van der Waals surface area (Å²) < 4.78 is 13.0. The van der Waals surface area contributed by atoms with Crippen molar-refractivity contribution in [1.82, 2.24) is 25.1 Å². The molecule has 0 aliphatic rings. The summed E-state index contributed by atoms with van der Waals surface area (Å²) in [5, 5.41) is 15.6. The molecule has 1 amide bonds. The summed E-state index contributed by atoms with van der Waals surface area (Å²) in [5.74, 6) is 1.60. The van der Waals surface area contributed by atoms with Crippen LogP contribution in [-0.2, 0) is 4.79 Å². The second-order valence-electron chi connectivity index (χ2n) is 7.55. The molecule has 0 fully saturated rings. The average Bonchev–Trinajstić information content (AvgIpc) is 3.20. The van der Waals surface area contributed by atoms with Crippen molar-refractivity contribution in [3.05, 3.63) is 71.3 Å². The van der Waals surface area contributed by atoms with Gasteiger partial charge < -0.3 is 14.8 Å². The lowest BCUT2D eigenvalue weighted by Crippen LogP contribution is -2.32. The number of ether oxygens (including phenoxy) is 2. The molecule has 0 unspecified atom stereocenters. The third-order valence-corrected chi connectivity index (χ3v) is 4.90. The fourth-order valence-electron chi connectivity index (χ4n) is 3.55. The topological polar surface area (TPSA) is 90.6 Å². The van der Waals surface area contributed by atoms with Gasteiger partial charge in [-0.05, 0) is 38.0 Å². The highest BCUT2D eigenvalue weighted by Crippen LogP contribution is 2.24. The first-order chi connectivity index (χ1) is 15.5. The van der Waals surface area contributed by atoms with Gasteiger partial charge in [0.1, 0.15) is 12.4 Å². The molecule has 164 valence electrons. The summed E-state index contributed by atoms with van der Waals surface area (Å²) in [5.41, 5.74) is 4.75. The number of hydrogen-bond donors (Lipinski definition) is 1. The second-order valence-corrected chi connectivity index (χ2v) is 7.55. The van der Waals surface area contributed by atoms with Crippen molar-refractivity contribution in [2.75, 3.05) is 19.8 Å². The van der Waals surface area contributed by atoms with Crippen molar-refractivity contribution in [2.45, 2.75) is 20.8 Å². The molecule has 8 nitrogen and oxygen atoms in total. The number of fused-ring (bicyclic) bond motifs is 1. The number of carbonyl (C=O) groups excluding carboxylic acids is 1. The van der Waals surface area contributed by atoms with Crippen LogP contribution in [0.4, 0.5) is 0 Å². The zero-order chi connectivity index (χ0) is 22.5. The molecule has 2 heterocycles. The first-order valence-electron chi connectivity index (χ1n) is 10.4. The maximum atomic E-state index is 12.1. The maximum Gasteiger partial charge on any atom is 0.258 e. The zero-order valence-corrected chi connectivity index (χ0v) is 18.3. The molecule has 0 saturated heterocycles. The number of amides is 1. The summed E-state index contributed by atoms with van der Waals surface area (Å²) in [6.07, 6.45) is 0. The highest BCUT2D eigenvalue weighted by atomic mass is 16.5. The number of hydrogen-bond acceptors (Lipinski definition) is 6. The van der Waals surface area contributed by atoms with E-state index >= 15 is 0 Å². The van der Waals surface area contributed by atoms with Crippen molar-refractivity contribution in [3.63, 3.8) is 0 Å². The predicted molar refractivity (Wildman–Crippen MR) is 121 cm³/mol. The molecule has 2 aromatic heterocycles. The van der Waals surface area contributed by atoms with E-state index in [1.807, 2.05) is 63.2 Å². The molecule has 0 spiro atoms. The van der Waals surface area contributed by atoms with Gasteiger partial charge in [-0.2, -0.15) is 4.52 Å². The quantitative estimate of drug-likeness (QED) is 0.431. The van der Waals surface area contributed by atoms with Crippen LogP contribution in [0, 0.1) is 20.8 Å². The average molecular weight is 431 g/mol. The molecule has 0 saturated carbocycles. The standard InChI is InChI=1S/C24H25N5O3/c1-16-13-17(2)23(18(3)14-16)32-15-21(30)25-11-12-31-22-10-9-20-26-27-24(29(20)28-22)19-7-5-4-6-8-19/h4-10,13-14H,11-12,15H2,1-3H3,(H,25,30). The normalized spacial score (nSPS) is 10.8. The van der Waals surface area contributed by atoms with Crippen molar-refractivity contribution >= 4 is 11.6 Å². The number of benzene rings is 2. The number of nitrogens with one attached hydrogen (secondary N) is 1. The number of rotatable bonds is 8. The fourth-order valence-corrected chi connectivity index (χ4v) is 3.55. The molecule has 32 heavy (non-hydrogen) atoms. The summed E-state index contributed by atoms with van der Waals surface area (Å²) in [7, 11) is 0. The fraction of sp³-hybridized carbons (Fsp3) is 0.250. The molecule has 1 N–H and O–H groups in total. The molecule has 8 heteroatoms. The maximum absolute atomic E-state index is 12.1. The number of aromatic nitrogens is 4. The van der Waals surface area contributed by atoms with E-state index in [2.05, 4.69) is 20.6 Å². The van der Waals surface area contributed by atoms with E-state index in [9.17, 15) is 4.79 Å². The molecule has 4 aromatic rings. The van der Waals surface area contributed by atoms with Crippen LogP contribution in [-0.4, -0.2) is 45.5 Å². The zero-order valence-electron chi connectivity index (χ0n) is 18.3. The number of aryl methyl sites for hydroxylation is 3. The Morgan fingerprint density at radius 1 is 0.969 bits per heavy atom. The van der Waals surface area contributed by atoms with E-state index in [1.165, 1.54) is 5.56 Å². The van der Waals surface area contributed by atoms with Crippen LogP contribution < -0.4 is 14.8 Å². The molecule has 4 rings (SSSR count). The van der Waals surface area contributed by atoms with Crippen LogP contribution in [0.15, 0.2) is 54.6 Å². The van der Waals surface area contributed by atoms with Crippen molar-refractivity contribution in [2.24, 2.45) is 0 Å².